The third kappa shape index (κ3) is 5.19. The molecule has 192 valence electrons. The van der Waals surface area contributed by atoms with E-state index in [-0.39, 0.29) is 28.3 Å². The first-order valence-corrected chi connectivity index (χ1v) is 12.5. The number of ether oxygens (including phenoxy) is 3. The Morgan fingerprint density at radius 1 is 1.05 bits per heavy atom. The first kappa shape index (κ1) is 25.9. The highest BCUT2D eigenvalue weighted by atomic mass is 32.1. The molecular weight excluding hydrogens is 494 g/mol. The van der Waals surface area contributed by atoms with Crippen molar-refractivity contribution in [2.24, 2.45) is 0 Å². The second-order valence-electron chi connectivity index (χ2n) is 8.44. The van der Waals surface area contributed by atoms with Crippen LogP contribution in [0.5, 0.6) is 11.5 Å². The molecule has 1 amide bonds. The highest BCUT2D eigenvalue weighted by molar-refractivity contribution is 7.16. The van der Waals surface area contributed by atoms with Crippen LogP contribution in [0, 0.1) is 0 Å². The quantitative estimate of drug-likeness (QED) is 0.324. The number of esters is 1. The van der Waals surface area contributed by atoms with E-state index in [0.29, 0.717) is 28.5 Å². The summed E-state index contributed by atoms with van der Waals surface area (Å²) in [5, 5.41) is 9.52. The predicted molar refractivity (Wildman–Crippen MR) is 143 cm³/mol. The summed E-state index contributed by atoms with van der Waals surface area (Å²) in [7, 11) is 2.98. The largest absolute Gasteiger partial charge is 0.497 e. The topological polar surface area (TPSA) is 109 Å². The molecule has 0 unspecified atom stereocenters. The molecule has 0 fully saturated rings. The van der Waals surface area contributed by atoms with E-state index >= 15 is 0 Å². The van der Waals surface area contributed by atoms with Gasteiger partial charge in [0.2, 0.25) is 0 Å². The second kappa shape index (κ2) is 10.8. The van der Waals surface area contributed by atoms with Crippen molar-refractivity contribution in [2.75, 3.05) is 26.1 Å². The summed E-state index contributed by atoms with van der Waals surface area (Å²) in [4.78, 5) is 39.6. The van der Waals surface area contributed by atoms with E-state index in [4.69, 9.17) is 14.2 Å². The minimum atomic E-state index is -0.659. The van der Waals surface area contributed by atoms with Crippen LogP contribution >= 0.6 is 11.3 Å². The molecule has 2 aromatic heterocycles. The number of nitrogens with zero attached hydrogens (tertiary/aromatic N) is 2. The number of benzene rings is 2. The number of carbonyl (C=O) groups excluding carboxylic acids is 2. The van der Waals surface area contributed by atoms with E-state index in [9.17, 15) is 14.4 Å². The fraction of sp³-hybridized carbons (Fsp3) is 0.259. The lowest BCUT2D eigenvalue weighted by Crippen LogP contribution is -2.25. The Balaban J connectivity index is 1.84. The number of methoxy groups -OCH3 is 2. The van der Waals surface area contributed by atoms with Crippen LogP contribution in [0.2, 0.25) is 0 Å². The molecule has 4 aromatic rings. The number of thiophene rings is 1. The maximum Gasteiger partial charge on any atom is 0.359 e. The van der Waals surface area contributed by atoms with E-state index in [1.165, 1.54) is 14.2 Å². The van der Waals surface area contributed by atoms with Crippen molar-refractivity contribution >= 4 is 39.0 Å². The average molecular weight is 522 g/mol. The van der Waals surface area contributed by atoms with Crippen molar-refractivity contribution in [3.05, 3.63) is 75.0 Å². The molecule has 0 spiro atoms. The lowest BCUT2D eigenvalue weighted by atomic mass is 10.0. The number of hydrogen-bond donors (Lipinski definition) is 1. The van der Waals surface area contributed by atoms with Gasteiger partial charge in [-0.05, 0) is 42.7 Å². The fourth-order valence-corrected chi connectivity index (χ4v) is 4.71. The molecule has 2 aromatic carbocycles. The van der Waals surface area contributed by atoms with Gasteiger partial charge in [0, 0.05) is 22.4 Å². The highest BCUT2D eigenvalue weighted by Gasteiger charge is 2.24. The Morgan fingerprint density at radius 3 is 2.27 bits per heavy atom. The van der Waals surface area contributed by atoms with Crippen LogP contribution in [0.15, 0.2) is 52.6 Å². The molecule has 37 heavy (non-hydrogen) atoms. The SMILES string of the molecule is CCOC(=O)c1nn(-c2ccc(C(C)C)cc2)c(=O)c2c(NC(=O)c3cc(OC)cc(OC)c3)scc12. The van der Waals surface area contributed by atoms with E-state index in [1.54, 1.807) is 42.6 Å². The summed E-state index contributed by atoms with van der Waals surface area (Å²) in [6, 6.07) is 12.2. The minimum absolute atomic E-state index is 0.0100. The summed E-state index contributed by atoms with van der Waals surface area (Å²) in [5.74, 6) is 0.0734. The van der Waals surface area contributed by atoms with Crippen LogP contribution in [-0.4, -0.2) is 42.5 Å². The van der Waals surface area contributed by atoms with Gasteiger partial charge in [0.1, 0.15) is 16.5 Å². The standard InChI is InChI=1S/C27H27N3O6S/c1-6-36-27(33)23-21-14-37-25(28-24(31)17-11-19(34-4)13-20(12-17)35-5)22(21)26(32)30(29-23)18-9-7-16(8-10-18)15(2)3/h7-15H,6H2,1-5H3,(H,28,31). The molecule has 0 aliphatic heterocycles. The zero-order chi connectivity index (χ0) is 26.7. The van der Waals surface area contributed by atoms with Gasteiger partial charge >= 0.3 is 5.97 Å². The summed E-state index contributed by atoms with van der Waals surface area (Å²) < 4.78 is 16.9. The van der Waals surface area contributed by atoms with Crippen LogP contribution < -0.4 is 20.3 Å². The van der Waals surface area contributed by atoms with Gasteiger partial charge in [0.25, 0.3) is 11.5 Å². The summed E-state index contributed by atoms with van der Waals surface area (Å²) in [6.45, 7) is 5.98. The van der Waals surface area contributed by atoms with Gasteiger partial charge in [-0.2, -0.15) is 9.78 Å². The molecule has 10 heteroatoms. The number of nitrogens with one attached hydrogen (secondary N) is 1. The number of fused-ring (bicyclic) bond motifs is 1. The Bertz CT molecular complexity index is 1500. The lowest BCUT2D eigenvalue weighted by Gasteiger charge is -2.12. The van der Waals surface area contributed by atoms with E-state index < -0.39 is 17.4 Å². The molecule has 2 heterocycles. The number of aromatic nitrogens is 2. The van der Waals surface area contributed by atoms with Gasteiger partial charge in [-0.25, -0.2) is 4.79 Å². The van der Waals surface area contributed by atoms with Crippen molar-refractivity contribution in [1.82, 2.24) is 9.78 Å². The average Bonchev–Trinajstić information content (AvgIpc) is 3.32. The Kier molecular flexibility index (Phi) is 7.58. The molecule has 0 saturated heterocycles. The van der Waals surface area contributed by atoms with Crippen molar-refractivity contribution < 1.29 is 23.8 Å². The maximum atomic E-state index is 13.6. The fourth-order valence-electron chi connectivity index (χ4n) is 3.78. The van der Waals surface area contributed by atoms with Gasteiger partial charge in [-0.1, -0.05) is 26.0 Å². The minimum Gasteiger partial charge on any atom is -0.497 e. The van der Waals surface area contributed by atoms with Crippen molar-refractivity contribution in [3.63, 3.8) is 0 Å². The van der Waals surface area contributed by atoms with Crippen LogP contribution in [-0.2, 0) is 4.74 Å². The molecule has 9 nitrogen and oxygen atoms in total. The molecule has 0 bridgehead atoms. The molecule has 0 saturated carbocycles. The van der Waals surface area contributed by atoms with Gasteiger partial charge in [-0.15, -0.1) is 11.3 Å². The van der Waals surface area contributed by atoms with Crippen molar-refractivity contribution in [3.8, 4) is 17.2 Å². The number of carbonyl (C=O) groups is 2. The van der Waals surface area contributed by atoms with E-state index in [0.717, 1.165) is 21.6 Å². The zero-order valence-electron chi connectivity index (χ0n) is 21.2. The second-order valence-corrected chi connectivity index (χ2v) is 9.32. The molecule has 0 radical (unpaired) electrons. The summed E-state index contributed by atoms with van der Waals surface area (Å²) >= 11 is 1.12. The number of hydrogen-bond acceptors (Lipinski definition) is 8. The van der Waals surface area contributed by atoms with Crippen LogP contribution in [0.4, 0.5) is 5.00 Å². The van der Waals surface area contributed by atoms with E-state index in [2.05, 4.69) is 24.3 Å². The van der Waals surface area contributed by atoms with Crippen LogP contribution in [0.3, 0.4) is 0 Å². The Hall–Kier alpha value is -4.18. The van der Waals surface area contributed by atoms with Gasteiger partial charge < -0.3 is 19.5 Å². The number of rotatable bonds is 8. The Morgan fingerprint density at radius 2 is 1.70 bits per heavy atom. The van der Waals surface area contributed by atoms with E-state index in [1.807, 2.05) is 12.1 Å². The molecule has 4 rings (SSSR count). The number of anilines is 1. The first-order valence-electron chi connectivity index (χ1n) is 11.6. The Labute approximate surface area is 217 Å². The predicted octanol–water partition coefficient (Wildman–Crippen LogP) is 5.02. The first-order chi connectivity index (χ1) is 17.8. The van der Waals surface area contributed by atoms with Crippen LogP contribution in [0.1, 0.15) is 53.1 Å². The molecule has 0 atom stereocenters. The maximum absolute atomic E-state index is 13.6. The van der Waals surface area contributed by atoms with Crippen LogP contribution in [0.25, 0.3) is 16.5 Å². The number of amides is 1. The lowest BCUT2D eigenvalue weighted by molar-refractivity contribution is 0.0520. The zero-order valence-corrected chi connectivity index (χ0v) is 22.0. The molecule has 0 aliphatic carbocycles. The van der Waals surface area contributed by atoms with Crippen molar-refractivity contribution in [1.29, 1.82) is 0 Å². The molecule has 0 aliphatic rings. The molecule has 1 N–H and O–H groups in total. The molecular formula is C27H27N3O6S. The van der Waals surface area contributed by atoms with Gasteiger partial charge in [0.05, 0.1) is 31.9 Å². The summed E-state index contributed by atoms with van der Waals surface area (Å²) in [5.41, 5.74) is 1.38. The highest BCUT2D eigenvalue weighted by Crippen LogP contribution is 2.32. The normalized spacial score (nSPS) is 11.0. The third-order valence-electron chi connectivity index (χ3n) is 5.77. The van der Waals surface area contributed by atoms with Crippen molar-refractivity contribution in [2.45, 2.75) is 26.7 Å². The monoisotopic (exact) mass is 521 g/mol. The summed E-state index contributed by atoms with van der Waals surface area (Å²) in [6.07, 6.45) is 0. The smallest absolute Gasteiger partial charge is 0.359 e. The van der Waals surface area contributed by atoms with Gasteiger partial charge in [-0.3, -0.25) is 9.59 Å². The third-order valence-corrected chi connectivity index (χ3v) is 6.66. The van der Waals surface area contributed by atoms with Gasteiger partial charge in [0.15, 0.2) is 5.69 Å².